The molecule has 0 saturated carbocycles. The van der Waals surface area contributed by atoms with Crippen LogP contribution in [0.2, 0.25) is 0 Å². The van der Waals surface area contributed by atoms with Gasteiger partial charge < -0.3 is 20.6 Å². The lowest BCUT2D eigenvalue weighted by molar-refractivity contribution is -0.120. The molecule has 0 aliphatic heterocycles. The number of halogens is 1. The van der Waals surface area contributed by atoms with Crippen molar-refractivity contribution >= 4 is 23.6 Å². The standard InChI is InChI=1S/C12H14FN3O4/c1-14-10(17)6-16(2)12(20)15-9-5-7(11(18)19)3-4-8(9)13/h3-5H,6H2,1-2H3,(H,14,17)(H,15,20)(H,18,19). The van der Waals surface area contributed by atoms with E-state index in [1.165, 1.54) is 14.1 Å². The normalized spacial score (nSPS) is 9.75. The number of carboxylic acid groups (broad SMARTS) is 1. The number of rotatable bonds is 4. The van der Waals surface area contributed by atoms with E-state index in [4.69, 9.17) is 5.11 Å². The third-order valence-electron chi connectivity index (χ3n) is 2.46. The fourth-order valence-electron chi connectivity index (χ4n) is 1.33. The maximum atomic E-state index is 13.5. The van der Waals surface area contributed by atoms with Crippen molar-refractivity contribution in [1.29, 1.82) is 0 Å². The first kappa shape index (κ1) is 15.4. The number of hydrogen-bond acceptors (Lipinski definition) is 3. The Morgan fingerprint density at radius 2 is 2.00 bits per heavy atom. The van der Waals surface area contributed by atoms with Gasteiger partial charge in [0, 0.05) is 14.1 Å². The van der Waals surface area contributed by atoms with Crippen LogP contribution in [0.4, 0.5) is 14.9 Å². The van der Waals surface area contributed by atoms with Gasteiger partial charge in [0.05, 0.1) is 11.3 Å². The van der Waals surface area contributed by atoms with Crippen molar-refractivity contribution < 1.29 is 23.9 Å². The lowest BCUT2D eigenvalue weighted by Crippen LogP contribution is -2.39. The number of anilines is 1. The number of carboxylic acids is 1. The summed E-state index contributed by atoms with van der Waals surface area (Å²) in [5.74, 6) is -2.39. The first-order chi connectivity index (χ1) is 9.35. The van der Waals surface area contributed by atoms with E-state index < -0.39 is 17.8 Å². The molecule has 0 fully saturated rings. The average Bonchev–Trinajstić information content (AvgIpc) is 2.40. The molecule has 0 saturated heterocycles. The molecule has 8 heteroatoms. The summed E-state index contributed by atoms with van der Waals surface area (Å²) in [6.45, 7) is -0.206. The van der Waals surface area contributed by atoms with Crippen molar-refractivity contribution in [3.8, 4) is 0 Å². The molecule has 0 aliphatic rings. The third-order valence-corrected chi connectivity index (χ3v) is 2.46. The number of nitrogens with zero attached hydrogens (tertiary/aromatic N) is 1. The van der Waals surface area contributed by atoms with Gasteiger partial charge in [-0.25, -0.2) is 14.0 Å². The predicted octanol–water partition coefficient (Wildman–Crippen LogP) is 0.734. The minimum Gasteiger partial charge on any atom is -0.478 e. The van der Waals surface area contributed by atoms with Crippen LogP contribution in [-0.4, -0.2) is 48.6 Å². The van der Waals surface area contributed by atoms with Crippen LogP contribution < -0.4 is 10.6 Å². The van der Waals surface area contributed by atoms with E-state index in [2.05, 4.69) is 10.6 Å². The Balaban J connectivity index is 2.82. The molecule has 0 radical (unpaired) electrons. The molecular weight excluding hydrogens is 269 g/mol. The Bertz CT molecular complexity index is 548. The molecule has 3 N–H and O–H groups in total. The Morgan fingerprint density at radius 1 is 1.35 bits per heavy atom. The van der Waals surface area contributed by atoms with Crippen LogP contribution in [0.5, 0.6) is 0 Å². The molecule has 108 valence electrons. The summed E-state index contributed by atoms with van der Waals surface area (Å²) in [6.07, 6.45) is 0. The van der Waals surface area contributed by atoms with E-state index in [1.807, 2.05) is 0 Å². The highest BCUT2D eigenvalue weighted by Crippen LogP contribution is 2.16. The second-order valence-electron chi connectivity index (χ2n) is 3.96. The summed E-state index contributed by atoms with van der Waals surface area (Å²) < 4.78 is 13.5. The highest BCUT2D eigenvalue weighted by atomic mass is 19.1. The van der Waals surface area contributed by atoms with Gasteiger partial charge in [-0.2, -0.15) is 0 Å². The van der Waals surface area contributed by atoms with Gasteiger partial charge in [-0.3, -0.25) is 4.79 Å². The maximum Gasteiger partial charge on any atom is 0.335 e. The summed E-state index contributed by atoms with van der Waals surface area (Å²) in [5.41, 5.74) is -0.422. The van der Waals surface area contributed by atoms with Crippen molar-refractivity contribution in [3.05, 3.63) is 29.6 Å². The molecule has 1 aromatic carbocycles. The summed E-state index contributed by atoms with van der Waals surface area (Å²) in [7, 11) is 2.77. The van der Waals surface area contributed by atoms with E-state index in [0.717, 1.165) is 23.1 Å². The zero-order chi connectivity index (χ0) is 15.3. The maximum absolute atomic E-state index is 13.5. The lowest BCUT2D eigenvalue weighted by atomic mass is 10.2. The molecule has 1 aromatic rings. The molecular formula is C12H14FN3O4. The number of carbonyl (C=O) groups excluding carboxylic acids is 2. The molecule has 0 aliphatic carbocycles. The number of likely N-dealkylation sites (N-methyl/N-ethyl adjacent to an activating group) is 2. The second kappa shape index (κ2) is 6.50. The molecule has 0 spiro atoms. The van der Waals surface area contributed by atoms with E-state index >= 15 is 0 Å². The van der Waals surface area contributed by atoms with Gasteiger partial charge in [-0.1, -0.05) is 0 Å². The SMILES string of the molecule is CNC(=O)CN(C)C(=O)Nc1cc(C(=O)O)ccc1F. The van der Waals surface area contributed by atoms with Gasteiger partial charge in [-0.15, -0.1) is 0 Å². The Morgan fingerprint density at radius 3 is 2.55 bits per heavy atom. The molecule has 0 atom stereocenters. The van der Waals surface area contributed by atoms with Gasteiger partial charge in [0.25, 0.3) is 0 Å². The van der Waals surface area contributed by atoms with Crippen molar-refractivity contribution in [2.75, 3.05) is 26.0 Å². The van der Waals surface area contributed by atoms with Crippen LogP contribution in [0.3, 0.4) is 0 Å². The zero-order valence-corrected chi connectivity index (χ0v) is 10.9. The molecule has 0 bridgehead atoms. The van der Waals surface area contributed by atoms with Gasteiger partial charge >= 0.3 is 12.0 Å². The van der Waals surface area contributed by atoms with Crippen LogP contribution in [-0.2, 0) is 4.79 Å². The minimum atomic E-state index is -1.24. The van der Waals surface area contributed by atoms with E-state index in [-0.39, 0.29) is 23.7 Å². The number of amides is 3. The minimum absolute atomic E-state index is 0.157. The number of nitrogens with one attached hydrogen (secondary N) is 2. The number of benzene rings is 1. The van der Waals surface area contributed by atoms with Crippen molar-refractivity contribution in [2.24, 2.45) is 0 Å². The topological polar surface area (TPSA) is 98.7 Å². The van der Waals surface area contributed by atoms with E-state index in [1.54, 1.807) is 0 Å². The number of urea groups is 1. The quantitative estimate of drug-likeness (QED) is 0.758. The lowest BCUT2D eigenvalue weighted by Gasteiger charge is -2.17. The summed E-state index contributed by atoms with van der Waals surface area (Å²) in [5, 5.41) is 13.3. The molecule has 0 heterocycles. The number of hydrogen-bond donors (Lipinski definition) is 3. The van der Waals surface area contributed by atoms with Gasteiger partial charge in [0.15, 0.2) is 0 Å². The smallest absolute Gasteiger partial charge is 0.335 e. The van der Waals surface area contributed by atoms with Crippen molar-refractivity contribution in [1.82, 2.24) is 10.2 Å². The van der Waals surface area contributed by atoms with Gasteiger partial charge in [0.1, 0.15) is 12.4 Å². The largest absolute Gasteiger partial charge is 0.478 e. The van der Waals surface area contributed by atoms with E-state index in [0.29, 0.717) is 0 Å². The number of aromatic carboxylic acids is 1. The second-order valence-corrected chi connectivity index (χ2v) is 3.96. The fourth-order valence-corrected chi connectivity index (χ4v) is 1.33. The van der Waals surface area contributed by atoms with Crippen LogP contribution in [0, 0.1) is 5.82 Å². The Labute approximate surface area is 114 Å². The highest BCUT2D eigenvalue weighted by Gasteiger charge is 2.15. The van der Waals surface area contributed by atoms with Crippen LogP contribution in [0.15, 0.2) is 18.2 Å². The fraction of sp³-hybridized carbons (Fsp3) is 0.250. The first-order valence-corrected chi connectivity index (χ1v) is 5.60. The summed E-state index contributed by atoms with van der Waals surface area (Å²) in [6, 6.07) is 2.30. The monoisotopic (exact) mass is 283 g/mol. The first-order valence-electron chi connectivity index (χ1n) is 5.60. The van der Waals surface area contributed by atoms with E-state index in [9.17, 15) is 18.8 Å². The Kier molecular flexibility index (Phi) is 5.01. The molecule has 1 rings (SSSR count). The van der Waals surface area contributed by atoms with Crippen molar-refractivity contribution in [2.45, 2.75) is 0 Å². The molecule has 0 aromatic heterocycles. The predicted molar refractivity (Wildman–Crippen MR) is 69.1 cm³/mol. The van der Waals surface area contributed by atoms with Crippen LogP contribution in [0.25, 0.3) is 0 Å². The average molecular weight is 283 g/mol. The zero-order valence-electron chi connectivity index (χ0n) is 10.9. The van der Waals surface area contributed by atoms with Gasteiger partial charge in [0.2, 0.25) is 5.91 Å². The van der Waals surface area contributed by atoms with Crippen molar-refractivity contribution in [3.63, 3.8) is 0 Å². The molecule has 3 amide bonds. The summed E-state index contributed by atoms with van der Waals surface area (Å²) in [4.78, 5) is 34.6. The third kappa shape index (κ3) is 3.94. The molecule has 0 unspecified atom stereocenters. The summed E-state index contributed by atoms with van der Waals surface area (Å²) >= 11 is 0. The highest BCUT2D eigenvalue weighted by molar-refractivity contribution is 5.94. The van der Waals surface area contributed by atoms with Crippen LogP contribution in [0.1, 0.15) is 10.4 Å². The van der Waals surface area contributed by atoms with Crippen LogP contribution >= 0.6 is 0 Å². The Hall–Kier alpha value is -2.64. The van der Waals surface area contributed by atoms with Gasteiger partial charge in [-0.05, 0) is 18.2 Å². The molecule has 7 nitrogen and oxygen atoms in total. The molecule has 20 heavy (non-hydrogen) atoms. The number of carbonyl (C=O) groups is 3.